The monoisotopic (exact) mass is 309 g/mol. The number of carbonyl (C=O) groups excluding carboxylic acids is 1. The van der Waals surface area contributed by atoms with Gasteiger partial charge in [-0.25, -0.2) is 0 Å². The number of halogens is 1. The molecule has 2 fully saturated rings. The molecule has 1 atom stereocenters. The summed E-state index contributed by atoms with van der Waals surface area (Å²) in [5.74, 6) is 0.214. The highest BCUT2D eigenvalue weighted by Crippen LogP contribution is 2.24. The van der Waals surface area contributed by atoms with Crippen molar-refractivity contribution in [3.05, 3.63) is 28.7 Å². The predicted molar refractivity (Wildman–Crippen MR) is 74.7 cm³/mol. The molecule has 0 aromatic heterocycles. The Bertz CT molecular complexity index is 465. The SMILES string of the molecule is O=C1C2CNCCN2CCN1c1cccc(Br)c1. The van der Waals surface area contributed by atoms with Gasteiger partial charge in [-0.1, -0.05) is 22.0 Å². The van der Waals surface area contributed by atoms with E-state index in [1.165, 1.54) is 0 Å². The molecule has 1 aromatic rings. The fraction of sp³-hybridized carbons (Fsp3) is 0.462. The lowest BCUT2D eigenvalue weighted by Crippen LogP contribution is -2.64. The van der Waals surface area contributed by atoms with Gasteiger partial charge in [0, 0.05) is 42.9 Å². The molecule has 0 bridgehead atoms. The van der Waals surface area contributed by atoms with E-state index >= 15 is 0 Å². The zero-order chi connectivity index (χ0) is 12.5. The Morgan fingerprint density at radius 2 is 2.17 bits per heavy atom. The van der Waals surface area contributed by atoms with Crippen molar-refractivity contribution in [3.63, 3.8) is 0 Å². The summed E-state index contributed by atoms with van der Waals surface area (Å²) in [6, 6.07) is 7.95. The zero-order valence-electron chi connectivity index (χ0n) is 10.1. The average molecular weight is 310 g/mol. The van der Waals surface area contributed by atoms with Gasteiger partial charge in [-0.15, -0.1) is 0 Å². The van der Waals surface area contributed by atoms with Crippen molar-refractivity contribution in [2.24, 2.45) is 0 Å². The maximum atomic E-state index is 12.5. The molecule has 2 heterocycles. The van der Waals surface area contributed by atoms with E-state index in [4.69, 9.17) is 0 Å². The lowest BCUT2D eigenvalue weighted by atomic mass is 10.1. The first-order valence-corrected chi connectivity index (χ1v) is 7.07. The highest BCUT2D eigenvalue weighted by atomic mass is 79.9. The number of benzene rings is 1. The minimum Gasteiger partial charge on any atom is -0.313 e. The van der Waals surface area contributed by atoms with E-state index in [1.54, 1.807) is 0 Å². The molecule has 0 spiro atoms. The quantitative estimate of drug-likeness (QED) is 0.843. The van der Waals surface area contributed by atoms with Gasteiger partial charge in [0.15, 0.2) is 0 Å². The van der Waals surface area contributed by atoms with Crippen LogP contribution in [0.5, 0.6) is 0 Å². The van der Waals surface area contributed by atoms with Crippen LogP contribution in [0, 0.1) is 0 Å². The fourth-order valence-electron chi connectivity index (χ4n) is 2.68. The van der Waals surface area contributed by atoms with Gasteiger partial charge in [0.05, 0.1) is 0 Å². The van der Waals surface area contributed by atoms with Gasteiger partial charge in [0.2, 0.25) is 5.91 Å². The third-order valence-electron chi connectivity index (χ3n) is 3.64. The van der Waals surface area contributed by atoms with Gasteiger partial charge in [-0.3, -0.25) is 9.69 Å². The van der Waals surface area contributed by atoms with Crippen LogP contribution in [-0.4, -0.2) is 49.6 Å². The van der Waals surface area contributed by atoms with Gasteiger partial charge in [-0.2, -0.15) is 0 Å². The molecule has 1 N–H and O–H groups in total. The van der Waals surface area contributed by atoms with Crippen LogP contribution in [0.15, 0.2) is 28.7 Å². The van der Waals surface area contributed by atoms with Crippen LogP contribution in [0.2, 0.25) is 0 Å². The molecule has 1 amide bonds. The van der Waals surface area contributed by atoms with Crippen LogP contribution in [0.25, 0.3) is 0 Å². The molecule has 2 saturated heterocycles. The Morgan fingerprint density at radius 3 is 3.00 bits per heavy atom. The van der Waals surface area contributed by atoms with Crippen LogP contribution >= 0.6 is 15.9 Å². The molecule has 0 radical (unpaired) electrons. The fourth-order valence-corrected chi connectivity index (χ4v) is 3.06. The molecule has 0 aliphatic carbocycles. The van der Waals surface area contributed by atoms with E-state index in [0.717, 1.165) is 42.9 Å². The standard InChI is InChI=1S/C13H16BrN3O/c14-10-2-1-3-11(8-10)17-7-6-16-5-4-15-9-12(16)13(17)18/h1-3,8,12,15H,4-7,9H2. The van der Waals surface area contributed by atoms with E-state index in [9.17, 15) is 4.79 Å². The van der Waals surface area contributed by atoms with Crippen LogP contribution in [-0.2, 0) is 4.79 Å². The molecular weight excluding hydrogens is 294 g/mol. The third-order valence-corrected chi connectivity index (χ3v) is 4.13. The highest BCUT2D eigenvalue weighted by Gasteiger charge is 2.36. The summed E-state index contributed by atoms with van der Waals surface area (Å²) < 4.78 is 1.01. The van der Waals surface area contributed by atoms with E-state index < -0.39 is 0 Å². The molecule has 18 heavy (non-hydrogen) atoms. The molecule has 3 rings (SSSR count). The topological polar surface area (TPSA) is 35.6 Å². The van der Waals surface area contributed by atoms with Gasteiger partial charge in [-0.05, 0) is 18.2 Å². The molecule has 4 nitrogen and oxygen atoms in total. The second-order valence-corrected chi connectivity index (χ2v) is 5.64. The van der Waals surface area contributed by atoms with Crippen LogP contribution < -0.4 is 10.2 Å². The number of fused-ring (bicyclic) bond motifs is 1. The van der Waals surface area contributed by atoms with Crippen molar-refractivity contribution in [3.8, 4) is 0 Å². The van der Waals surface area contributed by atoms with Crippen molar-refractivity contribution in [1.29, 1.82) is 0 Å². The molecule has 5 heteroatoms. The molecule has 2 aliphatic rings. The smallest absolute Gasteiger partial charge is 0.245 e. The normalized spacial score (nSPS) is 25.1. The predicted octanol–water partition coefficient (Wildman–Crippen LogP) is 1.07. The lowest BCUT2D eigenvalue weighted by Gasteiger charge is -2.43. The lowest BCUT2D eigenvalue weighted by molar-refractivity contribution is -0.126. The van der Waals surface area contributed by atoms with Gasteiger partial charge in [0.25, 0.3) is 0 Å². The second-order valence-electron chi connectivity index (χ2n) is 4.73. The van der Waals surface area contributed by atoms with Crippen LogP contribution in [0.3, 0.4) is 0 Å². The second kappa shape index (κ2) is 4.99. The van der Waals surface area contributed by atoms with Crippen molar-refractivity contribution in [2.45, 2.75) is 6.04 Å². The Labute approximate surface area is 115 Å². The Morgan fingerprint density at radius 1 is 1.28 bits per heavy atom. The number of anilines is 1. The Balaban J connectivity index is 1.84. The number of piperazine rings is 2. The first-order chi connectivity index (χ1) is 8.75. The zero-order valence-corrected chi connectivity index (χ0v) is 11.7. The van der Waals surface area contributed by atoms with E-state index in [2.05, 4.69) is 26.1 Å². The maximum Gasteiger partial charge on any atom is 0.245 e. The number of rotatable bonds is 1. The van der Waals surface area contributed by atoms with E-state index in [0.29, 0.717) is 0 Å². The van der Waals surface area contributed by atoms with Crippen molar-refractivity contribution >= 4 is 27.5 Å². The molecule has 2 aliphatic heterocycles. The minimum atomic E-state index is 0.00600. The van der Waals surface area contributed by atoms with Crippen molar-refractivity contribution in [2.75, 3.05) is 37.6 Å². The molecule has 1 unspecified atom stereocenters. The molecule has 1 aromatic carbocycles. The number of amides is 1. The average Bonchev–Trinajstić information content (AvgIpc) is 2.39. The number of hydrogen-bond acceptors (Lipinski definition) is 3. The van der Waals surface area contributed by atoms with Crippen molar-refractivity contribution < 1.29 is 4.79 Å². The van der Waals surface area contributed by atoms with E-state index in [-0.39, 0.29) is 11.9 Å². The number of nitrogens with one attached hydrogen (secondary N) is 1. The molecule has 96 valence electrons. The summed E-state index contributed by atoms with van der Waals surface area (Å²) in [6.07, 6.45) is 0. The number of nitrogens with zero attached hydrogens (tertiary/aromatic N) is 2. The number of carbonyl (C=O) groups is 1. The maximum absolute atomic E-state index is 12.5. The van der Waals surface area contributed by atoms with E-state index in [1.807, 2.05) is 29.2 Å². The Kier molecular flexibility index (Phi) is 3.37. The highest BCUT2D eigenvalue weighted by molar-refractivity contribution is 9.10. The molecular formula is C13H16BrN3O. The summed E-state index contributed by atoms with van der Waals surface area (Å²) >= 11 is 3.46. The van der Waals surface area contributed by atoms with Gasteiger partial charge in [0.1, 0.15) is 6.04 Å². The number of hydrogen-bond donors (Lipinski definition) is 1. The van der Waals surface area contributed by atoms with Gasteiger partial charge >= 0.3 is 0 Å². The summed E-state index contributed by atoms with van der Waals surface area (Å²) in [5.41, 5.74) is 0.986. The summed E-state index contributed by atoms with van der Waals surface area (Å²) in [6.45, 7) is 4.48. The Hall–Kier alpha value is -0.910. The third kappa shape index (κ3) is 2.18. The molecule has 0 saturated carbocycles. The van der Waals surface area contributed by atoms with Crippen LogP contribution in [0.4, 0.5) is 5.69 Å². The summed E-state index contributed by atoms with van der Waals surface area (Å²) in [5, 5.41) is 3.30. The van der Waals surface area contributed by atoms with Crippen LogP contribution in [0.1, 0.15) is 0 Å². The summed E-state index contributed by atoms with van der Waals surface area (Å²) in [7, 11) is 0. The van der Waals surface area contributed by atoms with Gasteiger partial charge < -0.3 is 10.2 Å². The van der Waals surface area contributed by atoms with Crippen molar-refractivity contribution in [1.82, 2.24) is 10.2 Å². The summed E-state index contributed by atoms with van der Waals surface area (Å²) in [4.78, 5) is 16.7. The minimum absolute atomic E-state index is 0.00600. The first-order valence-electron chi connectivity index (χ1n) is 6.27. The largest absolute Gasteiger partial charge is 0.313 e. The first kappa shape index (κ1) is 12.1.